The third-order valence-corrected chi connectivity index (χ3v) is 4.29. The van der Waals surface area contributed by atoms with E-state index < -0.39 is 0 Å². The smallest absolute Gasteiger partial charge is 0.310 e. The number of methoxy groups -OCH3 is 2. The van der Waals surface area contributed by atoms with Crippen LogP contribution in [0.1, 0.15) is 17.3 Å². The van der Waals surface area contributed by atoms with E-state index >= 15 is 0 Å². The van der Waals surface area contributed by atoms with Gasteiger partial charge < -0.3 is 14.4 Å². The molecule has 0 N–H and O–H groups in total. The number of nitrogens with zero attached hydrogens (tertiary/aromatic N) is 1. The van der Waals surface area contributed by atoms with Gasteiger partial charge in [0.25, 0.3) is 5.91 Å². The van der Waals surface area contributed by atoms with E-state index in [1.165, 1.54) is 14.2 Å². The molecule has 0 aromatic heterocycles. The van der Waals surface area contributed by atoms with Gasteiger partial charge >= 0.3 is 5.97 Å². The molecule has 1 fully saturated rings. The number of rotatable bonds is 3. The fourth-order valence-electron chi connectivity index (χ4n) is 2.60. The summed E-state index contributed by atoms with van der Waals surface area (Å²) in [7, 11) is 2.90. The van der Waals surface area contributed by atoms with E-state index in [2.05, 4.69) is 15.9 Å². The van der Waals surface area contributed by atoms with Gasteiger partial charge in [0.05, 0.1) is 25.7 Å². The molecule has 1 saturated heterocycles. The van der Waals surface area contributed by atoms with Gasteiger partial charge in [-0.3, -0.25) is 9.59 Å². The number of likely N-dealkylation sites (tertiary alicyclic amines) is 1. The fourth-order valence-corrected chi connectivity index (χ4v) is 2.94. The van der Waals surface area contributed by atoms with Crippen LogP contribution in [0.3, 0.4) is 0 Å². The highest BCUT2D eigenvalue weighted by Crippen LogP contribution is 2.29. The highest BCUT2D eigenvalue weighted by molar-refractivity contribution is 9.10. The van der Waals surface area contributed by atoms with Crippen LogP contribution in [-0.2, 0) is 9.53 Å². The van der Waals surface area contributed by atoms with Gasteiger partial charge in [0, 0.05) is 17.6 Å². The lowest BCUT2D eigenvalue weighted by Crippen LogP contribution is -2.30. The second-order valence-corrected chi connectivity index (χ2v) is 6.08. The first kappa shape index (κ1) is 15.8. The molecule has 114 valence electrons. The zero-order valence-corrected chi connectivity index (χ0v) is 13.8. The van der Waals surface area contributed by atoms with E-state index in [1.54, 1.807) is 23.1 Å². The van der Waals surface area contributed by atoms with Crippen LogP contribution in [-0.4, -0.2) is 44.1 Å². The summed E-state index contributed by atoms with van der Waals surface area (Å²) in [4.78, 5) is 26.0. The molecule has 6 heteroatoms. The van der Waals surface area contributed by atoms with E-state index in [0.717, 1.165) is 4.47 Å². The van der Waals surface area contributed by atoms with Gasteiger partial charge in [-0.15, -0.1) is 0 Å². The number of esters is 1. The Hall–Kier alpha value is -1.56. The van der Waals surface area contributed by atoms with Crippen molar-refractivity contribution in [1.29, 1.82) is 0 Å². The summed E-state index contributed by atoms with van der Waals surface area (Å²) in [6, 6.07) is 5.28. The molecular formula is C15H18BrNO4. The molecule has 1 aromatic rings. The maximum atomic E-state index is 12.6. The van der Waals surface area contributed by atoms with Gasteiger partial charge in [-0.1, -0.05) is 22.9 Å². The number of ether oxygens (including phenoxy) is 2. The average Bonchev–Trinajstić information content (AvgIpc) is 2.87. The molecular weight excluding hydrogens is 338 g/mol. The monoisotopic (exact) mass is 355 g/mol. The number of benzene rings is 1. The van der Waals surface area contributed by atoms with E-state index in [0.29, 0.717) is 24.4 Å². The molecule has 21 heavy (non-hydrogen) atoms. The number of hydrogen-bond acceptors (Lipinski definition) is 4. The summed E-state index contributed by atoms with van der Waals surface area (Å²) in [6.07, 6.45) is 0. The fraction of sp³-hybridized carbons (Fsp3) is 0.467. The number of carbonyl (C=O) groups excluding carboxylic acids is 2. The third-order valence-electron chi connectivity index (χ3n) is 3.80. The summed E-state index contributed by atoms with van der Waals surface area (Å²) >= 11 is 3.35. The zero-order valence-electron chi connectivity index (χ0n) is 12.3. The standard InChI is InChI=1S/C15H18BrNO4/c1-9-7-17(8-12(9)15(19)21-3)14(18)11-5-4-10(16)6-13(11)20-2/h4-6,9,12H,7-8H2,1-3H3. The van der Waals surface area contributed by atoms with E-state index in [-0.39, 0.29) is 23.7 Å². The topological polar surface area (TPSA) is 55.8 Å². The lowest BCUT2D eigenvalue weighted by atomic mass is 9.99. The molecule has 0 aliphatic carbocycles. The Morgan fingerprint density at radius 3 is 2.62 bits per heavy atom. The Bertz CT molecular complexity index is 561. The van der Waals surface area contributed by atoms with Crippen LogP contribution in [0.15, 0.2) is 22.7 Å². The van der Waals surface area contributed by atoms with Crippen molar-refractivity contribution in [2.75, 3.05) is 27.3 Å². The minimum atomic E-state index is -0.264. The molecule has 1 heterocycles. The second-order valence-electron chi connectivity index (χ2n) is 5.16. The van der Waals surface area contributed by atoms with Crippen molar-refractivity contribution in [3.05, 3.63) is 28.2 Å². The summed E-state index contributed by atoms with van der Waals surface area (Å²) in [6.45, 7) is 2.87. The lowest BCUT2D eigenvalue weighted by molar-refractivity contribution is -0.146. The first-order valence-corrected chi connectivity index (χ1v) is 7.47. The number of amides is 1. The molecule has 1 amide bonds. The molecule has 2 rings (SSSR count). The molecule has 0 saturated carbocycles. The molecule has 2 atom stereocenters. The highest BCUT2D eigenvalue weighted by Gasteiger charge is 2.38. The Labute approximate surface area is 132 Å². The molecule has 1 aliphatic rings. The Morgan fingerprint density at radius 2 is 2.00 bits per heavy atom. The van der Waals surface area contributed by atoms with Crippen molar-refractivity contribution >= 4 is 27.8 Å². The van der Waals surface area contributed by atoms with Gasteiger partial charge in [-0.05, 0) is 24.1 Å². The van der Waals surface area contributed by atoms with Crippen molar-refractivity contribution in [2.24, 2.45) is 11.8 Å². The number of hydrogen-bond donors (Lipinski definition) is 0. The van der Waals surface area contributed by atoms with Crippen LogP contribution in [0.5, 0.6) is 5.75 Å². The van der Waals surface area contributed by atoms with Gasteiger partial charge in [0.2, 0.25) is 0 Å². The summed E-state index contributed by atoms with van der Waals surface area (Å²) in [5.41, 5.74) is 0.499. The number of carbonyl (C=O) groups is 2. The summed E-state index contributed by atoms with van der Waals surface area (Å²) < 4.78 is 10.9. The Balaban J connectivity index is 2.20. The molecule has 2 unspecified atom stereocenters. The summed E-state index contributed by atoms with van der Waals surface area (Å²) in [5.74, 6) is -0.0510. The maximum Gasteiger partial charge on any atom is 0.310 e. The minimum Gasteiger partial charge on any atom is -0.496 e. The van der Waals surface area contributed by atoms with Crippen molar-refractivity contribution in [3.8, 4) is 5.75 Å². The quantitative estimate of drug-likeness (QED) is 0.781. The van der Waals surface area contributed by atoms with Crippen molar-refractivity contribution < 1.29 is 19.1 Å². The largest absolute Gasteiger partial charge is 0.496 e. The zero-order chi connectivity index (χ0) is 15.6. The predicted molar refractivity (Wildman–Crippen MR) is 81.3 cm³/mol. The van der Waals surface area contributed by atoms with Crippen molar-refractivity contribution in [2.45, 2.75) is 6.92 Å². The van der Waals surface area contributed by atoms with E-state index in [4.69, 9.17) is 9.47 Å². The molecule has 1 aliphatic heterocycles. The Kier molecular flexibility index (Phi) is 4.88. The highest BCUT2D eigenvalue weighted by atomic mass is 79.9. The summed E-state index contributed by atoms with van der Waals surface area (Å²) in [5, 5.41) is 0. The molecule has 0 radical (unpaired) electrons. The average molecular weight is 356 g/mol. The van der Waals surface area contributed by atoms with Crippen LogP contribution in [0.2, 0.25) is 0 Å². The normalized spacial score (nSPS) is 21.2. The van der Waals surface area contributed by atoms with Crippen LogP contribution in [0.4, 0.5) is 0 Å². The minimum absolute atomic E-state index is 0.0860. The first-order chi connectivity index (χ1) is 9.97. The van der Waals surface area contributed by atoms with Gasteiger partial charge in [-0.25, -0.2) is 0 Å². The third kappa shape index (κ3) is 3.20. The predicted octanol–water partition coefficient (Wildman–Crippen LogP) is 2.34. The van der Waals surface area contributed by atoms with E-state index in [9.17, 15) is 9.59 Å². The Morgan fingerprint density at radius 1 is 1.29 bits per heavy atom. The maximum absolute atomic E-state index is 12.6. The van der Waals surface area contributed by atoms with Crippen LogP contribution in [0, 0.1) is 11.8 Å². The number of halogens is 1. The van der Waals surface area contributed by atoms with Crippen molar-refractivity contribution in [1.82, 2.24) is 4.90 Å². The van der Waals surface area contributed by atoms with Crippen LogP contribution < -0.4 is 4.74 Å². The molecule has 0 spiro atoms. The van der Waals surface area contributed by atoms with Crippen LogP contribution >= 0.6 is 15.9 Å². The van der Waals surface area contributed by atoms with Gasteiger partial charge in [0.15, 0.2) is 0 Å². The molecule has 1 aromatic carbocycles. The lowest BCUT2D eigenvalue weighted by Gasteiger charge is -2.18. The molecule has 5 nitrogen and oxygen atoms in total. The van der Waals surface area contributed by atoms with Gasteiger partial charge in [-0.2, -0.15) is 0 Å². The van der Waals surface area contributed by atoms with Crippen molar-refractivity contribution in [3.63, 3.8) is 0 Å². The molecule has 0 bridgehead atoms. The SMILES string of the molecule is COC(=O)C1CN(C(=O)c2ccc(Br)cc2OC)CC1C. The van der Waals surface area contributed by atoms with Gasteiger partial charge in [0.1, 0.15) is 5.75 Å². The van der Waals surface area contributed by atoms with Crippen LogP contribution in [0.25, 0.3) is 0 Å². The first-order valence-electron chi connectivity index (χ1n) is 6.68. The second kappa shape index (κ2) is 6.47. The van der Waals surface area contributed by atoms with E-state index in [1.807, 2.05) is 6.92 Å².